The Hall–Kier alpha value is -0.450. The average Bonchev–Trinajstić information content (AvgIpc) is 2.78. The highest BCUT2D eigenvalue weighted by atomic mass is 32.1. The fourth-order valence-corrected chi connectivity index (χ4v) is 3.07. The van der Waals surface area contributed by atoms with Gasteiger partial charge in [0, 0.05) is 37.0 Å². The lowest BCUT2D eigenvalue weighted by Crippen LogP contribution is -2.44. The van der Waals surface area contributed by atoms with Gasteiger partial charge < -0.3 is 5.32 Å². The van der Waals surface area contributed by atoms with Gasteiger partial charge in [0.05, 0.1) is 16.7 Å². The summed E-state index contributed by atoms with van der Waals surface area (Å²) in [4.78, 5) is 7.32. The van der Waals surface area contributed by atoms with Crippen LogP contribution in [0.3, 0.4) is 0 Å². The lowest BCUT2D eigenvalue weighted by Gasteiger charge is -2.31. The fraction of sp³-hybridized carbons (Fsp3) is 0.769. The predicted octanol–water partition coefficient (Wildman–Crippen LogP) is 2.41. The van der Waals surface area contributed by atoms with E-state index in [9.17, 15) is 0 Å². The Bertz CT molecular complexity index is 361. The molecule has 0 aliphatic carbocycles. The van der Waals surface area contributed by atoms with Crippen molar-refractivity contribution in [3.63, 3.8) is 0 Å². The Kier molecular flexibility index (Phi) is 3.85. The number of hydrogen-bond donors (Lipinski definition) is 1. The molecule has 1 N–H and O–H groups in total. The highest BCUT2D eigenvalue weighted by molar-refractivity contribution is 7.09. The number of piperazine rings is 1. The molecule has 0 saturated carbocycles. The number of aromatic nitrogens is 1. The van der Waals surface area contributed by atoms with Crippen LogP contribution >= 0.6 is 11.3 Å². The Morgan fingerprint density at radius 1 is 1.35 bits per heavy atom. The van der Waals surface area contributed by atoms with Crippen LogP contribution in [0.1, 0.15) is 44.4 Å². The SMILES string of the molecule is CC(c1csc(C(C)(C)C)n1)N1CCNCC1. The van der Waals surface area contributed by atoms with Gasteiger partial charge in [-0.3, -0.25) is 4.90 Å². The summed E-state index contributed by atoms with van der Waals surface area (Å²) < 4.78 is 0. The molecule has 0 radical (unpaired) electrons. The van der Waals surface area contributed by atoms with Crippen LogP contribution in [0.25, 0.3) is 0 Å². The van der Waals surface area contributed by atoms with E-state index >= 15 is 0 Å². The minimum Gasteiger partial charge on any atom is -0.314 e. The monoisotopic (exact) mass is 253 g/mol. The summed E-state index contributed by atoms with van der Waals surface area (Å²) in [5.41, 5.74) is 1.41. The van der Waals surface area contributed by atoms with Gasteiger partial charge in [-0.05, 0) is 6.92 Å². The topological polar surface area (TPSA) is 28.2 Å². The molecule has 1 saturated heterocycles. The molecule has 0 aromatic carbocycles. The van der Waals surface area contributed by atoms with E-state index in [1.54, 1.807) is 11.3 Å². The first-order valence-electron chi connectivity index (χ1n) is 6.39. The Balaban J connectivity index is 2.08. The van der Waals surface area contributed by atoms with Crippen LogP contribution in [0.15, 0.2) is 5.38 Å². The molecule has 1 aromatic heterocycles. The van der Waals surface area contributed by atoms with Crippen molar-refractivity contribution in [2.24, 2.45) is 0 Å². The van der Waals surface area contributed by atoms with E-state index in [4.69, 9.17) is 4.98 Å². The second-order valence-corrected chi connectivity index (χ2v) is 6.65. The maximum absolute atomic E-state index is 4.81. The molecule has 0 bridgehead atoms. The Labute approximate surface area is 108 Å². The molecular formula is C13H23N3S. The normalized spacial score (nSPS) is 20.5. The van der Waals surface area contributed by atoms with E-state index in [0.717, 1.165) is 26.2 Å². The number of rotatable bonds is 2. The number of nitrogens with one attached hydrogen (secondary N) is 1. The summed E-state index contributed by atoms with van der Waals surface area (Å²) in [6.07, 6.45) is 0. The first-order chi connectivity index (χ1) is 7.98. The van der Waals surface area contributed by atoms with Crippen molar-refractivity contribution in [3.05, 3.63) is 16.1 Å². The van der Waals surface area contributed by atoms with Gasteiger partial charge in [0.1, 0.15) is 0 Å². The molecule has 3 nitrogen and oxygen atoms in total. The maximum Gasteiger partial charge on any atom is 0.0982 e. The zero-order chi connectivity index (χ0) is 12.5. The molecule has 1 fully saturated rings. The molecule has 1 aromatic rings. The molecule has 1 atom stereocenters. The Morgan fingerprint density at radius 2 is 2.00 bits per heavy atom. The van der Waals surface area contributed by atoms with E-state index < -0.39 is 0 Å². The fourth-order valence-electron chi connectivity index (χ4n) is 2.08. The first-order valence-corrected chi connectivity index (χ1v) is 7.27. The number of thiazole rings is 1. The highest BCUT2D eigenvalue weighted by Gasteiger charge is 2.23. The van der Waals surface area contributed by atoms with Crippen LogP contribution in [-0.4, -0.2) is 36.1 Å². The van der Waals surface area contributed by atoms with Gasteiger partial charge in [0.15, 0.2) is 0 Å². The molecule has 96 valence electrons. The summed E-state index contributed by atoms with van der Waals surface area (Å²) in [6.45, 7) is 13.4. The molecule has 17 heavy (non-hydrogen) atoms. The van der Waals surface area contributed by atoms with Crippen LogP contribution in [0.5, 0.6) is 0 Å². The second kappa shape index (κ2) is 5.04. The zero-order valence-electron chi connectivity index (χ0n) is 11.3. The molecule has 2 heterocycles. The quantitative estimate of drug-likeness (QED) is 0.877. The zero-order valence-corrected chi connectivity index (χ0v) is 12.1. The molecule has 2 rings (SSSR count). The minimum atomic E-state index is 0.173. The maximum atomic E-state index is 4.81. The van der Waals surface area contributed by atoms with Gasteiger partial charge in [-0.15, -0.1) is 11.3 Å². The summed E-state index contributed by atoms with van der Waals surface area (Å²) >= 11 is 1.80. The van der Waals surface area contributed by atoms with E-state index in [2.05, 4.69) is 43.3 Å². The van der Waals surface area contributed by atoms with Crippen LogP contribution in [0.4, 0.5) is 0 Å². The smallest absolute Gasteiger partial charge is 0.0982 e. The molecule has 1 aliphatic heterocycles. The second-order valence-electron chi connectivity index (χ2n) is 5.79. The van der Waals surface area contributed by atoms with Gasteiger partial charge >= 0.3 is 0 Å². The van der Waals surface area contributed by atoms with Gasteiger partial charge in [-0.25, -0.2) is 4.98 Å². The average molecular weight is 253 g/mol. The third kappa shape index (κ3) is 3.06. The van der Waals surface area contributed by atoms with E-state index in [-0.39, 0.29) is 5.41 Å². The molecule has 0 spiro atoms. The number of nitrogens with zero attached hydrogens (tertiary/aromatic N) is 2. The van der Waals surface area contributed by atoms with Gasteiger partial charge in [-0.1, -0.05) is 20.8 Å². The van der Waals surface area contributed by atoms with E-state index in [1.807, 2.05) is 0 Å². The summed E-state index contributed by atoms with van der Waals surface area (Å²) in [6, 6.07) is 0.449. The van der Waals surface area contributed by atoms with Gasteiger partial charge in [0.25, 0.3) is 0 Å². The lowest BCUT2D eigenvalue weighted by molar-refractivity contribution is 0.182. The van der Waals surface area contributed by atoms with Crippen molar-refractivity contribution in [3.8, 4) is 0 Å². The molecule has 4 heteroatoms. The van der Waals surface area contributed by atoms with Crippen molar-refractivity contribution in [2.75, 3.05) is 26.2 Å². The van der Waals surface area contributed by atoms with Gasteiger partial charge in [-0.2, -0.15) is 0 Å². The first kappa shape index (κ1) is 13.0. The summed E-state index contributed by atoms with van der Waals surface area (Å²) in [7, 11) is 0. The Morgan fingerprint density at radius 3 is 2.53 bits per heavy atom. The van der Waals surface area contributed by atoms with Gasteiger partial charge in [0.2, 0.25) is 0 Å². The lowest BCUT2D eigenvalue weighted by atomic mass is 9.98. The minimum absolute atomic E-state index is 0.173. The van der Waals surface area contributed by atoms with Crippen molar-refractivity contribution in [1.82, 2.24) is 15.2 Å². The standard InChI is InChI=1S/C13H23N3S/c1-10(16-7-5-14-6-8-16)11-9-17-12(15-11)13(2,3)4/h9-10,14H,5-8H2,1-4H3. The van der Waals surface area contributed by atoms with Crippen molar-refractivity contribution < 1.29 is 0 Å². The predicted molar refractivity (Wildman–Crippen MR) is 73.7 cm³/mol. The van der Waals surface area contributed by atoms with Crippen molar-refractivity contribution >= 4 is 11.3 Å². The summed E-state index contributed by atoms with van der Waals surface area (Å²) in [5.74, 6) is 0. The van der Waals surface area contributed by atoms with Crippen molar-refractivity contribution in [1.29, 1.82) is 0 Å². The summed E-state index contributed by atoms with van der Waals surface area (Å²) in [5, 5.41) is 6.87. The van der Waals surface area contributed by atoms with E-state index in [1.165, 1.54) is 10.7 Å². The van der Waals surface area contributed by atoms with Crippen LogP contribution in [-0.2, 0) is 5.41 Å². The molecular weight excluding hydrogens is 230 g/mol. The third-order valence-electron chi connectivity index (χ3n) is 3.29. The molecule has 1 unspecified atom stereocenters. The van der Waals surface area contributed by atoms with Crippen LogP contribution < -0.4 is 5.32 Å². The third-order valence-corrected chi connectivity index (χ3v) is 4.58. The van der Waals surface area contributed by atoms with Crippen molar-refractivity contribution in [2.45, 2.75) is 39.2 Å². The van der Waals surface area contributed by atoms with Crippen LogP contribution in [0.2, 0.25) is 0 Å². The number of hydrogen-bond acceptors (Lipinski definition) is 4. The molecule has 1 aliphatic rings. The largest absolute Gasteiger partial charge is 0.314 e. The van der Waals surface area contributed by atoms with E-state index in [0.29, 0.717) is 6.04 Å². The van der Waals surface area contributed by atoms with Crippen LogP contribution in [0, 0.1) is 0 Å². The highest BCUT2D eigenvalue weighted by Crippen LogP contribution is 2.29. The molecule has 0 amide bonds.